The highest BCUT2D eigenvalue weighted by Crippen LogP contribution is 2.24. The number of nitrogens with zero attached hydrogens (tertiary/aromatic N) is 3. The summed E-state index contributed by atoms with van der Waals surface area (Å²) < 4.78 is 6.53. The Labute approximate surface area is 167 Å². The van der Waals surface area contributed by atoms with Crippen molar-refractivity contribution in [3.05, 3.63) is 76.1 Å². The molecule has 6 nitrogen and oxygen atoms in total. The van der Waals surface area contributed by atoms with Crippen LogP contribution in [0.15, 0.2) is 48.5 Å². The number of carbonyl (C=O) groups is 1. The van der Waals surface area contributed by atoms with E-state index in [-0.39, 0.29) is 18.9 Å². The Morgan fingerprint density at radius 2 is 2.04 bits per heavy atom. The van der Waals surface area contributed by atoms with Gasteiger partial charge in [-0.3, -0.25) is 0 Å². The molecular weight excluding hydrogens is 378 g/mol. The van der Waals surface area contributed by atoms with Crippen LogP contribution in [0.3, 0.4) is 0 Å². The van der Waals surface area contributed by atoms with Crippen molar-refractivity contribution < 1.29 is 14.4 Å². The first kappa shape index (κ1) is 19.5. The summed E-state index contributed by atoms with van der Waals surface area (Å²) in [5.41, 5.74) is 2.66. The minimum Gasteiger partial charge on any atom is -0.461 e. The largest absolute Gasteiger partial charge is 0.461 e. The van der Waals surface area contributed by atoms with Crippen LogP contribution in [0.4, 0.5) is 0 Å². The highest BCUT2D eigenvalue weighted by atomic mass is 35.5. The molecule has 0 saturated carbocycles. The van der Waals surface area contributed by atoms with Crippen LogP contribution < -0.4 is 4.84 Å². The van der Waals surface area contributed by atoms with Crippen LogP contribution in [-0.4, -0.2) is 22.3 Å². The van der Waals surface area contributed by atoms with Gasteiger partial charge in [-0.1, -0.05) is 35.9 Å². The Kier molecular flexibility index (Phi) is 5.97. The molecule has 7 heteroatoms. The molecule has 3 aromatic rings. The zero-order valence-corrected chi connectivity index (χ0v) is 16.2. The molecule has 3 rings (SSSR count). The van der Waals surface area contributed by atoms with E-state index in [1.807, 2.05) is 12.1 Å². The summed E-state index contributed by atoms with van der Waals surface area (Å²) in [6.07, 6.45) is 0. The van der Waals surface area contributed by atoms with Gasteiger partial charge in [0.05, 0.1) is 23.9 Å². The lowest BCUT2D eigenvalue weighted by Gasteiger charge is -2.13. The Hall–Kier alpha value is -3.30. The number of aryl methyl sites for hydroxylation is 1. The monoisotopic (exact) mass is 395 g/mol. The van der Waals surface area contributed by atoms with Gasteiger partial charge in [0.25, 0.3) is 0 Å². The third-order valence-electron chi connectivity index (χ3n) is 3.98. The van der Waals surface area contributed by atoms with Gasteiger partial charge in [0.1, 0.15) is 6.61 Å². The van der Waals surface area contributed by atoms with Crippen molar-refractivity contribution in [3.63, 3.8) is 0 Å². The fraction of sp³-hybridized carbons (Fsp3) is 0.190. The van der Waals surface area contributed by atoms with Crippen molar-refractivity contribution in [1.82, 2.24) is 9.71 Å². The molecule has 0 unspecified atom stereocenters. The topological polar surface area (TPSA) is 77.1 Å². The predicted molar refractivity (Wildman–Crippen MR) is 105 cm³/mol. The van der Waals surface area contributed by atoms with E-state index in [0.717, 1.165) is 5.56 Å². The molecule has 2 aromatic carbocycles. The number of ether oxygens (including phenoxy) is 1. The van der Waals surface area contributed by atoms with Crippen LogP contribution in [0, 0.1) is 18.3 Å². The molecule has 0 radical (unpaired) electrons. The summed E-state index contributed by atoms with van der Waals surface area (Å²) in [5.74, 6) is -0.110. The van der Waals surface area contributed by atoms with Gasteiger partial charge in [-0.2, -0.15) is 9.99 Å². The number of carbonyl (C=O) groups excluding carboxylic acids is 1. The first-order valence-electron chi connectivity index (χ1n) is 8.68. The zero-order valence-electron chi connectivity index (χ0n) is 15.5. The molecule has 142 valence electrons. The highest BCUT2D eigenvalue weighted by molar-refractivity contribution is 6.30. The first-order valence-corrected chi connectivity index (χ1v) is 9.06. The molecule has 0 saturated heterocycles. The minimum atomic E-state index is -0.527. The van der Waals surface area contributed by atoms with E-state index in [1.165, 1.54) is 4.73 Å². The maximum absolute atomic E-state index is 12.5. The zero-order chi connectivity index (χ0) is 20.1. The molecule has 1 heterocycles. The van der Waals surface area contributed by atoms with Gasteiger partial charge in [0.2, 0.25) is 0 Å². The lowest BCUT2D eigenvalue weighted by molar-refractivity contribution is 0.0426. The normalized spacial score (nSPS) is 10.4. The van der Waals surface area contributed by atoms with Gasteiger partial charge in [-0.15, -0.1) is 0 Å². The van der Waals surface area contributed by atoms with Gasteiger partial charge in [0, 0.05) is 10.6 Å². The average Bonchev–Trinajstić information content (AvgIpc) is 3.03. The van der Waals surface area contributed by atoms with Crippen molar-refractivity contribution in [2.45, 2.75) is 20.5 Å². The van der Waals surface area contributed by atoms with Gasteiger partial charge in [-0.05, 0) is 43.7 Å². The Bertz CT molecular complexity index is 1050. The lowest BCUT2D eigenvalue weighted by Crippen LogP contribution is -2.20. The summed E-state index contributed by atoms with van der Waals surface area (Å²) in [4.78, 5) is 22.9. The van der Waals surface area contributed by atoms with Crippen LogP contribution in [0.2, 0.25) is 5.02 Å². The molecule has 0 aliphatic heterocycles. The molecule has 1 aromatic heterocycles. The predicted octanol–water partition coefficient (Wildman–Crippen LogP) is 4.19. The second-order valence-corrected chi connectivity index (χ2v) is 6.42. The highest BCUT2D eigenvalue weighted by Gasteiger charge is 2.24. The number of aromatic nitrogens is 2. The molecule has 28 heavy (non-hydrogen) atoms. The third kappa shape index (κ3) is 4.16. The van der Waals surface area contributed by atoms with Crippen molar-refractivity contribution >= 4 is 17.6 Å². The van der Waals surface area contributed by atoms with E-state index in [9.17, 15) is 10.1 Å². The maximum Gasteiger partial charge on any atom is 0.360 e. The van der Waals surface area contributed by atoms with Crippen LogP contribution in [0.25, 0.3) is 11.4 Å². The number of imidazole rings is 1. The number of hydrogen-bond acceptors (Lipinski definition) is 5. The molecule has 0 amide bonds. The Morgan fingerprint density at radius 3 is 2.75 bits per heavy atom. The van der Waals surface area contributed by atoms with Crippen molar-refractivity contribution in [2.24, 2.45) is 0 Å². The number of rotatable bonds is 6. The number of hydrogen-bond donors (Lipinski definition) is 0. The van der Waals surface area contributed by atoms with Crippen molar-refractivity contribution in [1.29, 1.82) is 5.26 Å². The number of nitriles is 1. The van der Waals surface area contributed by atoms with Crippen LogP contribution >= 0.6 is 11.6 Å². The number of benzene rings is 2. The van der Waals surface area contributed by atoms with E-state index < -0.39 is 5.97 Å². The van der Waals surface area contributed by atoms with Gasteiger partial charge in [-0.25, -0.2) is 9.78 Å². The van der Waals surface area contributed by atoms with Crippen LogP contribution in [-0.2, 0) is 11.3 Å². The van der Waals surface area contributed by atoms with E-state index in [0.29, 0.717) is 27.7 Å². The quantitative estimate of drug-likeness (QED) is 0.585. The summed E-state index contributed by atoms with van der Waals surface area (Å²) in [5, 5.41) is 9.77. The Balaban J connectivity index is 2.05. The molecular formula is C21H18ClN3O3. The van der Waals surface area contributed by atoms with Gasteiger partial charge in [0.15, 0.2) is 11.5 Å². The van der Waals surface area contributed by atoms with Gasteiger partial charge < -0.3 is 9.57 Å². The van der Waals surface area contributed by atoms with Gasteiger partial charge >= 0.3 is 5.97 Å². The molecule has 0 N–H and O–H groups in total. The van der Waals surface area contributed by atoms with Crippen LogP contribution in [0.5, 0.6) is 0 Å². The number of halogens is 1. The van der Waals surface area contributed by atoms with E-state index in [1.54, 1.807) is 50.2 Å². The SMILES string of the molecule is CCOC(=O)c1c(C)nc(-c2cccc(C#N)c2)n1OCc1cccc(Cl)c1. The maximum atomic E-state index is 12.5. The standard InChI is InChI=1S/C21H18ClN3O3/c1-3-27-21(26)19-14(2)24-20(17-8-4-6-15(10-17)12-23)25(19)28-13-16-7-5-9-18(22)11-16/h4-11H,3,13H2,1-2H3. The minimum absolute atomic E-state index is 0.174. The molecule has 0 spiro atoms. The Morgan fingerprint density at radius 1 is 1.25 bits per heavy atom. The summed E-state index contributed by atoms with van der Waals surface area (Å²) in [7, 11) is 0. The first-order chi connectivity index (χ1) is 13.5. The summed E-state index contributed by atoms with van der Waals surface area (Å²) in [6, 6.07) is 16.3. The van der Waals surface area contributed by atoms with Crippen molar-refractivity contribution in [2.75, 3.05) is 6.61 Å². The second-order valence-electron chi connectivity index (χ2n) is 5.98. The lowest BCUT2D eigenvalue weighted by atomic mass is 10.1. The smallest absolute Gasteiger partial charge is 0.360 e. The summed E-state index contributed by atoms with van der Waals surface area (Å²) >= 11 is 6.03. The molecule has 0 aliphatic rings. The number of esters is 1. The van der Waals surface area contributed by atoms with E-state index in [2.05, 4.69) is 11.1 Å². The fourth-order valence-electron chi connectivity index (χ4n) is 2.74. The fourth-order valence-corrected chi connectivity index (χ4v) is 2.95. The van der Waals surface area contributed by atoms with Crippen LogP contribution in [0.1, 0.15) is 34.2 Å². The molecule has 0 aliphatic carbocycles. The third-order valence-corrected chi connectivity index (χ3v) is 4.21. The van der Waals surface area contributed by atoms with E-state index >= 15 is 0 Å². The molecule has 0 atom stereocenters. The van der Waals surface area contributed by atoms with Crippen molar-refractivity contribution in [3.8, 4) is 17.5 Å². The second kappa shape index (κ2) is 8.59. The summed E-state index contributed by atoms with van der Waals surface area (Å²) in [6.45, 7) is 3.85. The average molecular weight is 396 g/mol. The molecule has 0 bridgehead atoms. The van der Waals surface area contributed by atoms with E-state index in [4.69, 9.17) is 21.2 Å². The molecule has 0 fully saturated rings.